The van der Waals surface area contributed by atoms with Crippen LogP contribution in [0.3, 0.4) is 0 Å². The van der Waals surface area contributed by atoms with Gasteiger partial charge in [-0.1, -0.05) is 25.6 Å². The van der Waals surface area contributed by atoms with E-state index >= 15 is 0 Å². The van der Waals surface area contributed by atoms with E-state index in [0.717, 1.165) is 11.7 Å². The van der Waals surface area contributed by atoms with E-state index < -0.39 is 5.97 Å². The molecule has 1 aliphatic rings. The fourth-order valence-corrected chi connectivity index (χ4v) is 3.68. The molecular formula is C15H25N3O2S. The maximum absolute atomic E-state index is 10.8. The van der Waals surface area contributed by atoms with Crippen molar-refractivity contribution in [1.29, 1.82) is 0 Å². The Bertz CT molecular complexity index is 481. The standard InChI is InChI=1S/C15H25N3O2S/c1-11(2)13-8-16-15(21-10-14(19)20)18(13)12(3)9-17-6-4-5-7-17/h8,11-12H,4-7,9-10H2,1-3H3,(H,19,20). The molecular weight excluding hydrogens is 286 g/mol. The molecule has 1 aliphatic heterocycles. The highest BCUT2D eigenvalue weighted by molar-refractivity contribution is 7.99. The molecule has 1 N–H and O–H groups in total. The summed E-state index contributed by atoms with van der Waals surface area (Å²) in [5, 5.41) is 9.71. The molecule has 1 fully saturated rings. The Hall–Kier alpha value is -1.01. The second-order valence-electron chi connectivity index (χ2n) is 6.03. The molecule has 2 rings (SSSR count). The van der Waals surface area contributed by atoms with Gasteiger partial charge in [-0.3, -0.25) is 4.79 Å². The molecule has 1 unspecified atom stereocenters. The number of thioether (sulfide) groups is 1. The average Bonchev–Trinajstić information content (AvgIpc) is 3.04. The van der Waals surface area contributed by atoms with Gasteiger partial charge in [0.2, 0.25) is 0 Å². The highest BCUT2D eigenvalue weighted by atomic mass is 32.2. The van der Waals surface area contributed by atoms with Gasteiger partial charge >= 0.3 is 5.97 Å². The molecule has 0 saturated carbocycles. The quantitative estimate of drug-likeness (QED) is 0.785. The average molecular weight is 311 g/mol. The summed E-state index contributed by atoms with van der Waals surface area (Å²) in [5.74, 6) is -0.351. The highest BCUT2D eigenvalue weighted by Gasteiger charge is 2.22. The zero-order valence-corrected chi connectivity index (χ0v) is 13.9. The van der Waals surface area contributed by atoms with E-state index in [4.69, 9.17) is 5.11 Å². The first-order valence-corrected chi connectivity index (χ1v) is 8.61. The van der Waals surface area contributed by atoms with Crippen molar-refractivity contribution in [3.8, 4) is 0 Å². The van der Waals surface area contributed by atoms with E-state index in [1.54, 1.807) is 0 Å². The summed E-state index contributed by atoms with van der Waals surface area (Å²) in [5.41, 5.74) is 1.19. The molecule has 0 radical (unpaired) electrons. The van der Waals surface area contributed by atoms with Crippen LogP contribution in [0.25, 0.3) is 0 Å². The van der Waals surface area contributed by atoms with E-state index in [2.05, 4.69) is 35.2 Å². The smallest absolute Gasteiger partial charge is 0.313 e. The van der Waals surface area contributed by atoms with Crippen LogP contribution >= 0.6 is 11.8 Å². The Morgan fingerprint density at radius 1 is 1.38 bits per heavy atom. The van der Waals surface area contributed by atoms with Crippen LogP contribution in [0.5, 0.6) is 0 Å². The number of carbonyl (C=O) groups is 1. The third-order valence-electron chi connectivity index (χ3n) is 3.87. The maximum Gasteiger partial charge on any atom is 0.313 e. The summed E-state index contributed by atoms with van der Waals surface area (Å²) in [6.45, 7) is 9.87. The van der Waals surface area contributed by atoms with E-state index in [1.165, 1.54) is 43.4 Å². The van der Waals surface area contributed by atoms with Crippen molar-refractivity contribution < 1.29 is 9.90 Å². The molecule has 5 nitrogen and oxygen atoms in total. The molecule has 0 aliphatic carbocycles. The van der Waals surface area contributed by atoms with Crippen molar-refractivity contribution in [3.05, 3.63) is 11.9 Å². The normalized spacial score (nSPS) is 17.5. The molecule has 0 spiro atoms. The number of hydrogen-bond donors (Lipinski definition) is 1. The monoisotopic (exact) mass is 311 g/mol. The predicted molar refractivity (Wildman–Crippen MR) is 85.1 cm³/mol. The Morgan fingerprint density at radius 2 is 2.05 bits per heavy atom. The number of carboxylic acid groups (broad SMARTS) is 1. The lowest BCUT2D eigenvalue weighted by Crippen LogP contribution is -2.28. The number of carboxylic acids is 1. The number of imidazole rings is 1. The van der Waals surface area contributed by atoms with Crippen LogP contribution in [-0.4, -0.2) is 50.9 Å². The summed E-state index contributed by atoms with van der Waals surface area (Å²) >= 11 is 1.31. The highest BCUT2D eigenvalue weighted by Crippen LogP contribution is 2.28. The summed E-state index contributed by atoms with van der Waals surface area (Å²) in [6, 6.07) is 0.319. The van der Waals surface area contributed by atoms with Gasteiger partial charge in [0.1, 0.15) is 0 Å². The van der Waals surface area contributed by atoms with Gasteiger partial charge in [0.05, 0.1) is 5.75 Å². The summed E-state index contributed by atoms with van der Waals surface area (Å²) in [7, 11) is 0. The molecule has 0 amide bonds. The number of hydrogen-bond acceptors (Lipinski definition) is 4. The lowest BCUT2D eigenvalue weighted by Gasteiger charge is -2.25. The van der Waals surface area contributed by atoms with Crippen LogP contribution in [-0.2, 0) is 4.79 Å². The molecule has 6 heteroatoms. The van der Waals surface area contributed by atoms with Crippen LogP contribution in [0.4, 0.5) is 0 Å². The molecule has 1 aromatic heterocycles. The van der Waals surface area contributed by atoms with Crippen LogP contribution in [0.1, 0.15) is 51.3 Å². The van der Waals surface area contributed by atoms with Crippen molar-refractivity contribution in [2.45, 2.75) is 50.7 Å². The van der Waals surface area contributed by atoms with Gasteiger partial charge in [-0.15, -0.1) is 0 Å². The van der Waals surface area contributed by atoms with E-state index in [-0.39, 0.29) is 5.75 Å². The second kappa shape index (κ2) is 7.31. The molecule has 1 atom stereocenters. The van der Waals surface area contributed by atoms with Crippen molar-refractivity contribution in [3.63, 3.8) is 0 Å². The maximum atomic E-state index is 10.8. The Kier molecular flexibility index (Phi) is 5.70. The molecule has 1 aromatic rings. The van der Waals surface area contributed by atoms with Crippen LogP contribution in [0.15, 0.2) is 11.4 Å². The van der Waals surface area contributed by atoms with Crippen LogP contribution in [0.2, 0.25) is 0 Å². The first-order chi connectivity index (χ1) is 9.99. The Morgan fingerprint density at radius 3 is 2.62 bits per heavy atom. The first kappa shape index (κ1) is 16.4. The number of nitrogens with zero attached hydrogens (tertiary/aromatic N) is 3. The minimum absolute atomic E-state index is 0.0605. The zero-order valence-electron chi connectivity index (χ0n) is 13.1. The van der Waals surface area contributed by atoms with Gasteiger partial charge in [-0.25, -0.2) is 4.98 Å². The van der Waals surface area contributed by atoms with Crippen molar-refractivity contribution in [2.24, 2.45) is 0 Å². The van der Waals surface area contributed by atoms with E-state index in [9.17, 15) is 4.79 Å². The van der Waals surface area contributed by atoms with E-state index in [1.807, 2.05) is 6.20 Å². The fourth-order valence-electron chi connectivity index (χ4n) is 2.88. The molecule has 21 heavy (non-hydrogen) atoms. The number of rotatable bonds is 7. The first-order valence-electron chi connectivity index (χ1n) is 7.63. The van der Waals surface area contributed by atoms with Crippen molar-refractivity contribution in [2.75, 3.05) is 25.4 Å². The molecule has 0 aromatic carbocycles. The second-order valence-corrected chi connectivity index (χ2v) is 6.97. The molecule has 2 heterocycles. The van der Waals surface area contributed by atoms with Crippen LogP contribution < -0.4 is 0 Å². The fraction of sp³-hybridized carbons (Fsp3) is 0.733. The Balaban J connectivity index is 2.16. The van der Waals surface area contributed by atoms with Gasteiger partial charge < -0.3 is 14.6 Å². The molecule has 1 saturated heterocycles. The SMILES string of the molecule is CC(C)c1cnc(SCC(=O)O)n1C(C)CN1CCCC1. The van der Waals surface area contributed by atoms with Gasteiger partial charge in [0.25, 0.3) is 0 Å². The zero-order chi connectivity index (χ0) is 15.4. The minimum atomic E-state index is -0.798. The minimum Gasteiger partial charge on any atom is -0.481 e. The largest absolute Gasteiger partial charge is 0.481 e. The van der Waals surface area contributed by atoms with Gasteiger partial charge in [-0.05, 0) is 38.8 Å². The number of aromatic nitrogens is 2. The third kappa shape index (κ3) is 4.23. The molecule has 0 bridgehead atoms. The predicted octanol–water partition coefficient (Wildman–Crippen LogP) is 2.84. The number of aliphatic carboxylic acids is 1. The third-order valence-corrected chi connectivity index (χ3v) is 4.82. The lowest BCUT2D eigenvalue weighted by molar-refractivity contribution is -0.133. The van der Waals surface area contributed by atoms with Crippen molar-refractivity contribution >= 4 is 17.7 Å². The summed E-state index contributed by atoms with van der Waals surface area (Å²) in [6.07, 6.45) is 4.47. The topological polar surface area (TPSA) is 58.4 Å². The van der Waals surface area contributed by atoms with Crippen LogP contribution in [0, 0.1) is 0 Å². The lowest BCUT2D eigenvalue weighted by atomic mass is 10.1. The van der Waals surface area contributed by atoms with E-state index in [0.29, 0.717) is 12.0 Å². The molecule has 118 valence electrons. The number of likely N-dealkylation sites (tertiary alicyclic amines) is 1. The summed E-state index contributed by atoms with van der Waals surface area (Å²) in [4.78, 5) is 17.7. The Labute approximate surface area is 130 Å². The van der Waals surface area contributed by atoms with Gasteiger partial charge in [0.15, 0.2) is 5.16 Å². The van der Waals surface area contributed by atoms with Crippen molar-refractivity contribution in [1.82, 2.24) is 14.5 Å². The summed E-state index contributed by atoms with van der Waals surface area (Å²) < 4.78 is 2.23. The van der Waals surface area contributed by atoms with Gasteiger partial charge in [0, 0.05) is 24.5 Å². The van der Waals surface area contributed by atoms with Gasteiger partial charge in [-0.2, -0.15) is 0 Å².